The summed E-state index contributed by atoms with van der Waals surface area (Å²) in [6, 6.07) is 5.28. The number of halogens is 1. The summed E-state index contributed by atoms with van der Waals surface area (Å²) < 4.78 is 5.08. The van der Waals surface area contributed by atoms with Crippen LogP contribution in [0.4, 0.5) is 0 Å². The molecule has 2 aromatic rings. The quantitative estimate of drug-likeness (QED) is 0.819. The first-order valence-electron chi connectivity index (χ1n) is 4.84. The fraction of sp³-hybridized carbons (Fsp3) is 0.182. The van der Waals surface area contributed by atoms with E-state index in [1.54, 1.807) is 18.2 Å². The number of hydrogen-bond acceptors (Lipinski definition) is 2. The topological polar surface area (TPSA) is 69.7 Å². The zero-order valence-corrected chi connectivity index (χ0v) is 9.60. The molecule has 0 aliphatic heterocycles. The number of nitrogens with one attached hydrogen (secondary N) is 1. The average molecular weight is 240 g/mol. The molecule has 0 atom stereocenters. The molecule has 0 bridgehead atoms. The molecule has 0 spiro atoms. The molecule has 0 fully saturated rings. The Bertz CT molecular complexity index is 592. The maximum absolute atomic E-state index is 11.6. The number of H-pyrrole nitrogens is 1. The lowest BCUT2D eigenvalue weighted by atomic mass is 10.1. The van der Waals surface area contributed by atoms with E-state index in [9.17, 15) is 4.79 Å². The van der Waals surface area contributed by atoms with Gasteiger partial charge < -0.3 is 15.5 Å². The van der Waals surface area contributed by atoms with Gasteiger partial charge in [-0.2, -0.15) is 0 Å². The van der Waals surface area contributed by atoms with Crippen LogP contribution in [0.1, 0.15) is 5.56 Å². The van der Waals surface area contributed by atoms with Crippen LogP contribution in [0, 0.1) is 0 Å². The first-order valence-corrected chi connectivity index (χ1v) is 5.22. The van der Waals surface area contributed by atoms with Crippen molar-refractivity contribution in [2.45, 2.75) is 6.54 Å². The monoisotopic (exact) mass is 239 g/mol. The summed E-state index contributed by atoms with van der Waals surface area (Å²) in [5.41, 5.74) is 4.94. The van der Waals surface area contributed by atoms with Crippen molar-refractivity contribution in [2.75, 3.05) is 7.11 Å². The highest BCUT2D eigenvalue weighted by atomic mass is 35.5. The Hall–Kier alpha value is -1.52. The molecule has 0 amide bonds. The summed E-state index contributed by atoms with van der Waals surface area (Å²) in [6.07, 6.45) is 0. The highest BCUT2D eigenvalue weighted by molar-refractivity contribution is 6.32. The predicted molar refractivity (Wildman–Crippen MR) is 62.7 cm³/mol. The van der Waals surface area contributed by atoms with Crippen molar-refractivity contribution < 1.29 is 10.5 Å². The lowest BCUT2D eigenvalue weighted by molar-refractivity contribution is -0.386. The van der Waals surface area contributed by atoms with Gasteiger partial charge in [0.05, 0.1) is 23.2 Å². The molecule has 2 rings (SSSR count). The minimum absolute atomic E-state index is 0.119. The maximum Gasteiger partial charge on any atom is 0.257 e. The zero-order valence-electron chi connectivity index (χ0n) is 8.84. The molecule has 0 saturated carbocycles. The van der Waals surface area contributed by atoms with Gasteiger partial charge in [0.1, 0.15) is 12.3 Å². The SMILES string of the molecule is COc1cc2[nH]c(=O)c(C[NH3+])cc2cc1Cl. The van der Waals surface area contributed by atoms with Gasteiger partial charge in [0, 0.05) is 11.5 Å². The van der Waals surface area contributed by atoms with E-state index in [4.69, 9.17) is 16.3 Å². The first-order chi connectivity index (χ1) is 7.65. The van der Waals surface area contributed by atoms with Crippen LogP contribution in [0.15, 0.2) is 23.0 Å². The highest BCUT2D eigenvalue weighted by Gasteiger charge is 2.07. The van der Waals surface area contributed by atoms with Crippen LogP contribution in [-0.4, -0.2) is 12.1 Å². The molecular formula is C11H12ClN2O2+. The molecule has 1 aromatic carbocycles. The van der Waals surface area contributed by atoms with Gasteiger partial charge in [-0.15, -0.1) is 0 Å². The summed E-state index contributed by atoms with van der Waals surface area (Å²) in [4.78, 5) is 14.4. The fourth-order valence-electron chi connectivity index (χ4n) is 1.59. The van der Waals surface area contributed by atoms with Gasteiger partial charge >= 0.3 is 0 Å². The second-order valence-corrected chi connectivity index (χ2v) is 3.85. The third-order valence-electron chi connectivity index (χ3n) is 2.46. The van der Waals surface area contributed by atoms with Crippen molar-refractivity contribution in [1.29, 1.82) is 0 Å². The van der Waals surface area contributed by atoms with Gasteiger partial charge in [0.15, 0.2) is 0 Å². The lowest BCUT2D eigenvalue weighted by Crippen LogP contribution is -2.49. The summed E-state index contributed by atoms with van der Waals surface area (Å²) in [5.74, 6) is 0.548. The zero-order chi connectivity index (χ0) is 11.7. The van der Waals surface area contributed by atoms with Crippen LogP contribution in [0.2, 0.25) is 5.02 Å². The molecule has 16 heavy (non-hydrogen) atoms. The Morgan fingerprint density at radius 2 is 2.19 bits per heavy atom. The normalized spacial score (nSPS) is 10.7. The van der Waals surface area contributed by atoms with E-state index in [1.807, 2.05) is 0 Å². The van der Waals surface area contributed by atoms with E-state index in [-0.39, 0.29) is 5.56 Å². The fourth-order valence-corrected chi connectivity index (χ4v) is 1.84. The second kappa shape index (κ2) is 4.15. The smallest absolute Gasteiger partial charge is 0.257 e. The van der Waals surface area contributed by atoms with Crippen LogP contribution in [-0.2, 0) is 6.54 Å². The Kier molecular flexibility index (Phi) is 2.85. The van der Waals surface area contributed by atoms with Gasteiger partial charge in [-0.1, -0.05) is 11.6 Å². The molecule has 0 radical (unpaired) electrons. The van der Waals surface area contributed by atoms with Crippen molar-refractivity contribution in [3.05, 3.63) is 39.1 Å². The first kappa shape index (κ1) is 11.0. The van der Waals surface area contributed by atoms with E-state index >= 15 is 0 Å². The largest absolute Gasteiger partial charge is 0.495 e. The van der Waals surface area contributed by atoms with Crippen molar-refractivity contribution >= 4 is 22.5 Å². The van der Waals surface area contributed by atoms with Gasteiger partial charge in [-0.3, -0.25) is 4.79 Å². The number of rotatable bonds is 2. The van der Waals surface area contributed by atoms with Crippen LogP contribution in [0.25, 0.3) is 10.9 Å². The van der Waals surface area contributed by atoms with Gasteiger partial charge in [-0.05, 0) is 12.1 Å². The highest BCUT2D eigenvalue weighted by Crippen LogP contribution is 2.28. The van der Waals surface area contributed by atoms with Crippen molar-refractivity contribution in [3.63, 3.8) is 0 Å². The standard InChI is InChI=1S/C11H11ClN2O2/c1-16-10-4-9-6(3-8(10)12)2-7(5-13)11(15)14-9/h2-4H,5,13H2,1H3,(H,14,15)/p+1. The number of hydrogen-bond donors (Lipinski definition) is 2. The van der Waals surface area contributed by atoms with E-state index in [1.165, 1.54) is 7.11 Å². The average Bonchev–Trinajstić information content (AvgIpc) is 2.28. The number of aromatic nitrogens is 1. The molecule has 0 aliphatic carbocycles. The van der Waals surface area contributed by atoms with Crippen LogP contribution < -0.4 is 16.0 Å². The minimum atomic E-state index is -0.119. The Labute approximate surface area is 97.0 Å². The molecule has 5 heteroatoms. The number of methoxy groups -OCH3 is 1. The third kappa shape index (κ3) is 1.77. The van der Waals surface area contributed by atoms with Gasteiger partial charge in [-0.25, -0.2) is 0 Å². The van der Waals surface area contributed by atoms with Crippen molar-refractivity contribution in [2.24, 2.45) is 0 Å². The van der Waals surface area contributed by atoms with Crippen molar-refractivity contribution in [3.8, 4) is 5.75 Å². The maximum atomic E-state index is 11.6. The summed E-state index contributed by atoms with van der Waals surface area (Å²) >= 11 is 6.01. The molecule has 84 valence electrons. The van der Waals surface area contributed by atoms with E-state index in [0.717, 1.165) is 5.39 Å². The molecule has 1 heterocycles. The van der Waals surface area contributed by atoms with Gasteiger partial charge in [0.25, 0.3) is 5.56 Å². The van der Waals surface area contributed by atoms with Crippen molar-refractivity contribution in [1.82, 2.24) is 4.98 Å². The number of fused-ring (bicyclic) bond motifs is 1. The molecule has 1 aromatic heterocycles. The Morgan fingerprint density at radius 1 is 1.44 bits per heavy atom. The Balaban J connectivity index is 2.76. The number of benzene rings is 1. The third-order valence-corrected chi connectivity index (χ3v) is 2.76. The number of aromatic amines is 1. The van der Waals surface area contributed by atoms with E-state index in [2.05, 4.69) is 10.7 Å². The lowest BCUT2D eigenvalue weighted by Gasteiger charge is -2.05. The summed E-state index contributed by atoms with van der Waals surface area (Å²) in [6.45, 7) is 0.453. The van der Waals surface area contributed by atoms with E-state index in [0.29, 0.717) is 28.4 Å². The molecule has 4 N–H and O–H groups in total. The van der Waals surface area contributed by atoms with Crippen LogP contribution >= 0.6 is 11.6 Å². The van der Waals surface area contributed by atoms with Gasteiger partial charge in [0.2, 0.25) is 0 Å². The Morgan fingerprint density at radius 3 is 2.81 bits per heavy atom. The molecular weight excluding hydrogens is 228 g/mol. The molecule has 0 aliphatic rings. The number of ether oxygens (including phenoxy) is 1. The predicted octanol–water partition coefficient (Wildman–Crippen LogP) is 0.932. The molecule has 4 nitrogen and oxygen atoms in total. The van der Waals surface area contributed by atoms with E-state index < -0.39 is 0 Å². The number of quaternary nitrogens is 1. The summed E-state index contributed by atoms with van der Waals surface area (Å²) in [5, 5.41) is 1.40. The minimum Gasteiger partial charge on any atom is -0.495 e. The summed E-state index contributed by atoms with van der Waals surface area (Å²) in [7, 11) is 1.54. The molecule has 0 saturated heterocycles. The second-order valence-electron chi connectivity index (χ2n) is 3.45. The number of pyridine rings is 1. The van der Waals surface area contributed by atoms with Crippen LogP contribution in [0.3, 0.4) is 0 Å². The molecule has 0 unspecified atom stereocenters. The van der Waals surface area contributed by atoms with Crippen LogP contribution in [0.5, 0.6) is 5.75 Å².